The summed E-state index contributed by atoms with van der Waals surface area (Å²) in [6.45, 7) is 4.18. The molecule has 0 spiro atoms. The Balaban J connectivity index is 1.83. The number of benzene rings is 1. The Morgan fingerprint density at radius 3 is 2.55 bits per heavy atom. The van der Waals surface area contributed by atoms with Crippen LogP contribution in [0.25, 0.3) is 11.1 Å². The Labute approximate surface area is 129 Å². The summed E-state index contributed by atoms with van der Waals surface area (Å²) in [5.74, 6) is -1.13. The zero-order valence-corrected chi connectivity index (χ0v) is 12.7. The van der Waals surface area contributed by atoms with Gasteiger partial charge < -0.3 is 0 Å². The minimum absolute atomic E-state index is 0.526. The maximum Gasteiger partial charge on any atom is 0.126 e. The van der Waals surface area contributed by atoms with E-state index in [0.29, 0.717) is 11.6 Å². The van der Waals surface area contributed by atoms with Crippen LogP contribution in [0, 0.1) is 11.6 Å². The van der Waals surface area contributed by atoms with Crippen LogP contribution in [-0.2, 0) is 6.54 Å². The number of likely N-dealkylation sites (tertiary alicyclic amines) is 1. The third kappa shape index (κ3) is 3.50. The van der Waals surface area contributed by atoms with E-state index in [4.69, 9.17) is 0 Å². The second-order valence-electron chi connectivity index (χ2n) is 6.06. The monoisotopic (exact) mass is 302 g/mol. The number of pyridine rings is 1. The van der Waals surface area contributed by atoms with Gasteiger partial charge in [-0.1, -0.05) is 6.42 Å². The van der Waals surface area contributed by atoms with Gasteiger partial charge in [0.1, 0.15) is 11.6 Å². The summed E-state index contributed by atoms with van der Waals surface area (Å²) in [4.78, 5) is 6.68. The molecule has 2 aromatic rings. The number of hydrogen-bond donors (Lipinski definition) is 0. The minimum atomic E-state index is -0.565. The molecule has 22 heavy (non-hydrogen) atoms. The predicted molar refractivity (Wildman–Crippen MR) is 83.3 cm³/mol. The first-order chi connectivity index (χ1) is 10.6. The van der Waals surface area contributed by atoms with Crippen LogP contribution < -0.4 is 0 Å². The SMILES string of the molecule is C[C@H]1CCCCN1Cc1cncc(-c2cc(F)cc(F)c2)c1. The fourth-order valence-electron chi connectivity index (χ4n) is 3.08. The van der Waals surface area contributed by atoms with E-state index in [2.05, 4.69) is 16.8 Å². The Morgan fingerprint density at radius 1 is 1.05 bits per heavy atom. The fraction of sp³-hybridized carbons (Fsp3) is 0.389. The molecule has 1 aliphatic rings. The summed E-state index contributed by atoms with van der Waals surface area (Å²) < 4.78 is 26.7. The van der Waals surface area contributed by atoms with Gasteiger partial charge in [-0.15, -0.1) is 0 Å². The maximum atomic E-state index is 13.4. The zero-order chi connectivity index (χ0) is 15.5. The van der Waals surface area contributed by atoms with E-state index >= 15 is 0 Å². The van der Waals surface area contributed by atoms with Gasteiger partial charge in [-0.05, 0) is 55.6 Å². The third-order valence-corrected chi connectivity index (χ3v) is 4.32. The minimum Gasteiger partial charge on any atom is -0.296 e. The van der Waals surface area contributed by atoms with Crippen molar-refractivity contribution in [2.75, 3.05) is 6.54 Å². The Morgan fingerprint density at radius 2 is 1.82 bits per heavy atom. The molecule has 116 valence electrons. The molecule has 3 rings (SSSR count). The molecular formula is C18H20F2N2. The molecule has 0 saturated carbocycles. The number of halogens is 2. The van der Waals surface area contributed by atoms with Gasteiger partial charge in [-0.25, -0.2) is 8.78 Å². The van der Waals surface area contributed by atoms with Gasteiger partial charge in [-0.2, -0.15) is 0 Å². The van der Waals surface area contributed by atoms with Gasteiger partial charge in [0.25, 0.3) is 0 Å². The fourth-order valence-corrected chi connectivity index (χ4v) is 3.08. The zero-order valence-electron chi connectivity index (χ0n) is 12.7. The van der Waals surface area contributed by atoms with Crippen LogP contribution in [0.1, 0.15) is 31.7 Å². The highest BCUT2D eigenvalue weighted by atomic mass is 19.1. The highest BCUT2D eigenvalue weighted by molar-refractivity contribution is 5.63. The molecule has 1 aromatic heterocycles. The molecule has 0 unspecified atom stereocenters. The summed E-state index contributed by atoms with van der Waals surface area (Å²) in [6.07, 6.45) is 7.23. The second-order valence-corrected chi connectivity index (χ2v) is 6.06. The van der Waals surface area contributed by atoms with Crippen molar-refractivity contribution < 1.29 is 8.78 Å². The molecule has 4 heteroatoms. The van der Waals surface area contributed by atoms with Crippen molar-refractivity contribution in [2.45, 2.75) is 38.8 Å². The van der Waals surface area contributed by atoms with Crippen molar-refractivity contribution in [2.24, 2.45) is 0 Å². The van der Waals surface area contributed by atoms with E-state index in [0.717, 1.165) is 30.3 Å². The van der Waals surface area contributed by atoms with Crippen molar-refractivity contribution >= 4 is 0 Å². The largest absolute Gasteiger partial charge is 0.296 e. The van der Waals surface area contributed by atoms with E-state index < -0.39 is 11.6 Å². The summed E-state index contributed by atoms with van der Waals surface area (Å²) in [6, 6.07) is 6.11. The summed E-state index contributed by atoms with van der Waals surface area (Å²) in [5, 5.41) is 0. The number of piperidine rings is 1. The molecule has 2 nitrogen and oxygen atoms in total. The maximum absolute atomic E-state index is 13.4. The highest BCUT2D eigenvalue weighted by Gasteiger charge is 2.18. The van der Waals surface area contributed by atoms with Gasteiger partial charge >= 0.3 is 0 Å². The molecule has 0 bridgehead atoms. The van der Waals surface area contributed by atoms with Crippen molar-refractivity contribution in [1.82, 2.24) is 9.88 Å². The topological polar surface area (TPSA) is 16.1 Å². The summed E-state index contributed by atoms with van der Waals surface area (Å²) >= 11 is 0. The molecule has 1 aliphatic heterocycles. The molecule has 1 aromatic carbocycles. The number of aromatic nitrogens is 1. The van der Waals surface area contributed by atoms with E-state index in [1.807, 2.05) is 12.3 Å². The van der Waals surface area contributed by atoms with E-state index in [1.54, 1.807) is 6.20 Å². The first-order valence-corrected chi connectivity index (χ1v) is 7.76. The standard InChI is InChI=1S/C18H20F2N2/c1-13-4-2-3-5-22(13)12-14-6-16(11-21-10-14)15-7-17(19)9-18(20)8-15/h6-11,13H,2-5,12H2,1H3/t13-/m0/s1. The van der Waals surface area contributed by atoms with Crippen LogP contribution in [0.3, 0.4) is 0 Å². The van der Waals surface area contributed by atoms with Crippen molar-refractivity contribution in [3.8, 4) is 11.1 Å². The van der Waals surface area contributed by atoms with Gasteiger partial charge in [0.2, 0.25) is 0 Å². The van der Waals surface area contributed by atoms with Crippen molar-refractivity contribution in [3.05, 3.63) is 53.9 Å². The predicted octanol–water partition coefficient (Wildman–Crippen LogP) is 4.40. The number of rotatable bonds is 3. The average molecular weight is 302 g/mol. The molecular weight excluding hydrogens is 282 g/mol. The lowest BCUT2D eigenvalue weighted by Gasteiger charge is -2.33. The summed E-state index contributed by atoms with van der Waals surface area (Å²) in [5.41, 5.74) is 2.36. The summed E-state index contributed by atoms with van der Waals surface area (Å²) in [7, 11) is 0. The highest BCUT2D eigenvalue weighted by Crippen LogP contribution is 2.24. The van der Waals surface area contributed by atoms with Crippen LogP contribution in [-0.4, -0.2) is 22.5 Å². The Bertz CT molecular complexity index is 637. The first-order valence-electron chi connectivity index (χ1n) is 7.76. The molecule has 1 fully saturated rings. The van der Waals surface area contributed by atoms with Crippen molar-refractivity contribution in [1.29, 1.82) is 0 Å². The Hall–Kier alpha value is -1.81. The van der Waals surface area contributed by atoms with Gasteiger partial charge in [0, 0.05) is 36.6 Å². The van der Waals surface area contributed by atoms with Crippen LogP contribution in [0.4, 0.5) is 8.78 Å². The third-order valence-electron chi connectivity index (χ3n) is 4.32. The number of nitrogens with zero attached hydrogens (tertiary/aromatic N) is 2. The quantitative estimate of drug-likeness (QED) is 0.835. The van der Waals surface area contributed by atoms with E-state index in [-0.39, 0.29) is 0 Å². The first kappa shape index (κ1) is 15.1. The van der Waals surface area contributed by atoms with E-state index in [1.165, 1.54) is 31.4 Å². The molecule has 0 N–H and O–H groups in total. The molecule has 2 heterocycles. The average Bonchev–Trinajstić information content (AvgIpc) is 2.49. The van der Waals surface area contributed by atoms with Crippen LogP contribution >= 0.6 is 0 Å². The van der Waals surface area contributed by atoms with Crippen molar-refractivity contribution in [3.63, 3.8) is 0 Å². The molecule has 1 atom stereocenters. The smallest absolute Gasteiger partial charge is 0.126 e. The van der Waals surface area contributed by atoms with Crippen LogP contribution in [0.15, 0.2) is 36.7 Å². The normalized spacial score (nSPS) is 19.3. The molecule has 0 radical (unpaired) electrons. The Kier molecular flexibility index (Phi) is 4.48. The lowest BCUT2D eigenvalue weighted by Crippen LogP contribution is -2.36. The van der Waals surface area contributed by atoms with Crippen LogP contribution in [0.2, 0.25) is 0 Å². The van der Waals surface area contributed by atoms with Gasteiger partial charge in [-0.3, -0.25) is 9.88 Å². The molecule has 1 saturated heterocycles. The van der Waals surface area contributed by atoms with Gasteiger partial charge in [0.15, 0.2) is 0 Å². The van der Waals surface area contributed by atoms with Gasteiger partial charge in [0.05, 0.1) is 0 Å². The number of hydrogen-bond acceptors (Lipinski definition) is 2. The lowest BCUT2D eigenvalue weighted by atomic mass is 10.0. The van der Waals surface area contributed by atoms with Crippen LogP contribution in [0.5, 0.6) is 0 Å². The van der Waals surface area contributed by atoms with E-state index in [9.17, 15) is 8.78 Å². The second kappa shape index (κ2) is 6.53. The molecule has 0 amide bonds. The lowest BCUT2D eigenvalue weighted by molar-refractivity contribution is 0.152. The molecule has 0 aliphatic carbocycles.